The number of hydrazone groups is 1. The monoisotopic (exact) mass is 354 g/mol. The summed E-state index contributed by atoms with van der Waals surface area (Å²) in [5, 5.41) is 7.48. The minimum atomic E-state index is -0.595. The number of methoxy groups -OCH3 is 2. The van der Waals surface area contributed by atoms with Crippen molar-refractivity contribution < 1.29 is 19.0 Å². The van der Waals surface area contributed by atoms with Crippen molar-refractivity contribution in [2.75, 3.05) is 27.4 Å². The molecule has 0 aliphatic carbocycles. The van der Waals surface area contributed by atoms with Crippen molar-refractivity contribution in [1.82, 2.24) is 10.7 Å². The molecule has 0 aromatic heterocycles. The van der Waals surface area contributed by atoms with Crippen LogP contribution in [0.4, 0.5) is 0 Å². The number of hydrogen-bond donors (Lipinski definition) is 3. The normalized spacial score (nSPS) is 10.3. The van der Waals surface area contributed by atoms with Crippen molar-refractivity contribution >= 4 is 29.5 Å². The molecular formula is C15H22N4O4S. The van der Waals surface area contributed by atoms with Gasteiger partial charge in [0, 0.05) is 12.1 Å². The Bertz CT molecular complexity index is 582. The number of primary amides is 1. The molecule has 0 spiro atoms. The van der Waals surface area contributed by atoms with Crippen LogP contribution < -0.4 is 30.7 Å². The molecule has 0 fully saturated rings. The molecule has 0 aliphatic heterocycles. The molecule has 1 aromatic carbocycles. The first-order valence-electron chi connectivity index (χ1n) is 7.25. The van der Waals surface area contributed by atoms with E-state index in [2.05, 4.69) is 15.8 Å². The predicted molar refractivity (Wildman–Crippen MR) is 95.9 cm³/mol. The molecule has 0 radical (unpaired) electrons. The van der Waals surface area contributed by atoms with E-state index in [1.807, 2.05) is 6.92 Å². The molecule has 0 saturated carbocycles. The molecule has 8 nitrogen and oxygen atoms in total. The number of nitrogens with two attached hydrogens (primary N) is 1. The summed E-state index contributed by atoms with van der Waals surface area (Å²) in [6.07, 6.45) is 2.52. The second-order valence-corrected chi connectivity index (χ2v) is 5.04. The third-order valence-electron chi connectivity index (χ3n) is 2.76. The molecule has 4 N–H and O–H groups in total. The molecule has 24 heavy (non-hydrogen) atoms. The fourth-order valence-corrected chi connectivity index (χ4v) is 1.86. The lowest BCUT2D eigenvalue weighted by Crippen LogP contribution is -2.32. The van der Waals surface area contributed by atoms with Crippen LogP contribution in [0.2, 0.25) is 0 Å². The summed E-state index contributed by atoms with van der Waals surface area (Å²) in [6.45, 7) is 2.53. The van der Waals surface area contributed by atoms with E-state index >= 15 is 0 Å². The summed E-state index contributed by atoms with van der Waals surface area (Å²) in [5.41, 5.74) is 8.50. The van der Waals surface area contributed by atoms with Crippen LogP contribution in [0, 0.1) is 0 Å². The second-order valence-electron chi connectivity index (χ2n) is 4.64. The highest BCUT2D eigenvalue weighted by Gasteiger charge is 2.14. The number of hydrogen-bond acceptors (Lipinski definition) is 6. The van der Waals surface area contributed by atoms with Crippen molar-refractivity contribution in [2.24, 2.45) is 10.8 Å². The molecule has 1 rings (SSSR count). The molecule has 1 amide bonds. The predicted octanol–water partition coefficient (Wildman–Crippen LogP) is 0.776. The Kier molecular flexibility index (Phi) is 8.34. The maximum absolute atomic E-state index is 10.9. The molecule has 9 heteroatoms. The summed E-state index contributed by atoms with van der Waals surface area (Å²) < 4.78 is 15.9. The summed E-state index contributed by atoms with van der Waals surface area (Å²) in [5.74, 6) is 0.485. The first kappa shape index (κ1) is 19.5. The van der Waals surface area contributed by atoms with E-state index in [4.69, 9.17) is 32.2 Å². The van der Waals surface area contributed by atoms with Crippen LogP contribution in [-0.2, 0) is 4.79 Å². The summed E-state index contributed by atoms with van der Waals surface area (Å²) in [7, 11) is 2.96. The van der Waals surface area contributed by atoms with Gasteiger partial charge in [-0.15, -0.1) is 0 Å². The molecule has 1 aromatic rings. The van der Waals surface area contributed by atoms with Gasteiger partial charge in [-0.05, 0) is 30.8 Å². The van der Waals surface area contributed by atoms with Crippen LogP contribution >= 0.6 is 12.2 Å². The zero-order valence-electron chi connectivity index (χ0n) is 13.9. The van der Waals surface area contributed by atoms with E-state index in [1.165, 1.54) is 14.2 Å². The fraction of sp³-hybridized carbons (Fsp3) is 0.400. The van der Waals surface area contributed by atoms with E-state index < -0.39 is 5.91 Å². The number of amides is 1. The van der Waals surface area contributed by atoms with Crippen molar-refractivity contribution in [1.29, 1.82) is 0 Å². The zero-order valence-corrected chi connectivity index (χ0v) is 14.7. The molecule has 0 unspecified atom stereocenters. The van der Waals surface area contributed by atoms with Crippen molar-refractivity contribution in [3.05, 3.63) is 17.7 Å². The van der Waals surface area contributed by atoms with E-state index in [9.17, 15) is 4.79 Å². The number of ether oxygens (including phenoxy) is 3. The minimum Gasteiger partial charge on any atom is -0.493 e. The lowest BCUT2D eigenvalue weighted by atomic mass is 10.2. The smallest absolute Gasteiger partial charge is 0.255 e. The van der Waals surface area contributed by atoms with Gasteiger partial charge in [-0.25, -0.2) is 0 Å². The van der Waals surface area contributed by atoms with Gasteiger partial charge in [-0.1, -0.05) is 6.92 Å². The Labute approximate surface area is 146 Å². The Morgan fingerprint density at radius 2 is 1.96 bits per heavy atom. The number of carbonyl (C=O) groups excluding carboxylic acids is 1. The van der Waals surface area contributed by atoms with Crippen LogP contribution in [0.25, 0.3) is 0 Å². The number of rotatable bonds is 9. The largest absolute Gasteiger partial charge is 0.493 e. The average molecular weight is 354 g/mol. The number of carbonyl (C=O) groups is 1. The lowest BCUT2D eigenvalue weighted by Gasteiger charge is -2.14. The lowest BCUT2D eigenvalue weighted by molar-refractivity contribution is -0.119. The quantitative estimate of drug-likeness (QED) is 0.342. The van der Waals surface area contributed by atoms with E-state index in [0.717, 1.165) is 13.0 Å². The van der Waals surface area contributed by atoms with Crippen LogP contribution in [0.5, 0.6) is 17.2 Å². The van der Waals surface area contributed by atoms with Gasteiger partial charge in [0.25, 0.3) is 5.91 Å². The zero-order chi connectivity index (χ0) is 17.9. The van der Waals surface area contributed by atoms with Crippen LogP contribution in [0.3, 0.4) is 0 Å². The maximum Gasteiger partial charge on any atom is 0.255 e. The minimum absolute atomic E-state index is 0.279. The second kappa shape index (κ2) is 10.3. The third kappa shape index (κ3) is 6.29. The Balaban J connectivity index is 2.89. The van der Waals surface area contributed by atoms with Gasteiger partial charge in [-0.3, -0.25) is 10.2 Å². The van der Waals surface area contributed by atoms with Crippen molar-refractivity contribution in [3.63, 3.8) is 0 Å². The molecule has 0 saturated heterocycles. The molecule has 0 aliphatic rings. The molecular weight excluding hydrogens is 332 g/mol. The molecule has 0 heterocycles. The summed E-state index contributed by atoms with van der Waals surface area (Å²) in [6, 6.07) is 3.37. The first-order valence-corrected chi connectivity index (χ1v) is 7.66. The summed E-state index contributed by atoms with van der Waals surface area (Å²) in [4.78, 5) is 10.9. The molecule has 132 valence electrons. The van der Waals surface area contributed by atoms with Gasteiger partial charge in [0.1, 0.15) is 0 Å². The van der Waals surface area contributed by atoms with Crippen LogP contribution in [0.15, 0.2) is 17.2 Å². The Hall–Kier alpha value is -2.55. The number of nitrogens with zero attached hydrogens (tertiary/aromatic N) is 1. The van der Waals surface area contributed by atoms with Crippen LogP contribution in [-0.4, -0.2) is 44.6 Å². The van der Waals surface area contributed by atoms with Crippen LogP contribution in [0.1, 0.15) is 18.9 Å². The van der Waals surface area contributed by atoms with Gasteiger partial charge < -0.3 is 25.3 Å². The number of benzene rings is 1. The standard InChI is InChI=1S/C15H22N4O4S/c1-4-5-17-15(24)19-18-8-10-6-11(21-2)14(12(7-10)22-3)23-9-13(16)20/h6-8H,4-5,9H2,1-3H3,(H2,16,20)(H2,17,19,24)/b18-8-. The maximum atomic E-state index is 10.9. The van der Waals surface area contributed by atoms with Gasteiger partial charge >= 0.3 is 0 Å². The molecule has 0 bridgehead atoms. The number of thiocarbonyl (C=S) groups is 1. The van der Waals surface area contributed by atoms with Crippen molar-refractivity contribution in [3.8, 4) is 17.2 Å². The van der Waals surface area contributed by atoms with Gasteiger partial charge in [-0.2, -0.15) is 5.10 Å². The Morgan fingerprint density at radius 1 is 1.33 bits per heavy atom. The highest BCUT2D eigenvalue weighted by atomic mass is 32.1. The Morgan fingerprint density at radius 3 is 2.46 bits per heavy atom. The van der Waals surface area contributed by atoms with Gasteiger partial charge in [0.2, 0.25) is 5.75 Å². The van der Waals surface area contributed by atoms with E-state index in [1.54, 1.807) is 18.3 Å². The summed E-state index contributed by atoms with van der Waals surface area (Å²) >= 11 is 5.06. The number of nitrogens with one attached hydrogen (secondary N) is 2. The average Bonchev–Trinajstić information content (AvgIpc) is 2.57. The SMILES string of the molecule is CCCNC(=S)N/N=C\c1cc(OC)c(OCC(N)=O)c(OC)c1. The molecule has 0 atom stereocenters. The van der Waals surface area contributed by atoms with Gasteiger partial charge in [0.05, 0.1) is 20.4 Å². The highest BCUT2D eigenvalue weighted by molar-refractivity contribution is 7.80. The third-order valence-corrected chi connectivity index (χ3v) is 2.99. The first-order chi connectivity index (χ1) is 11.5. The topological polar surface area (TPSA) is 107 Å². The van der Waals surface area contributed by atoms with Crippen molar-refractivity contribution in [2.45, 2.75) is 13.3 Å². The van der Waals surface area contributed by atoms with E-state index in [0.29, 0.717) is 27.9 Å². The van der Waals surface area contributed by atoms with E-state index in [-0.39, 0.29) is 6.61 Å². The highest BCUT2D eigenvalue weighted by Crippen LogP contribution is 2.38. The van der Waals surface area contributed by atoms with Gasteiger partial charge in [0.15, 0.2) is 23.2 Å². The fourth-order valence-electron chi connectivity index (χ4n) is 1.70.